The van der Waals surface area contributed by atoms with Crippen LogP contribution in [0.2, 0.25) is 0 Å². The van der Waals surface area contributed by atoms with Gasteiger partial charge in [0.1, 0.15) is 5.03 Å². The lowest BCUT2D eigenvalue weighted by Crippen LogP contribution is -2.22. The minimum atomic E-state index is 0.0723. The lowest BCUT2D eigenvalue weighted by atomic mass is 9.99. The van der Waals surface area contributed by atoms with Crippen molar-refractivity contribution in [3.8, 4) is 0 Å². The lowest BCUT2D eigenvalue weighted by Gasteiger charge is -2.29. The van der Waals surface area contributed by atoms with Crippen molar-refractivity contribution in [2.75, 3.05) is 0 Å². The molecule has 0 fully saturated rings. The Bertz CT molecular complexity index is 1100. The fraction of sp³-hybridized carbons (Fsp3) is 0.348. The van der Waals surface area contributed by atoms with Crippen molar-refractivity contribution < 1.29 is 0 Å². The van der Waals surface area contributed by atoms with E-state index in [0.717, 1.165) is 45.1 Å². The Morgan fingerprint density at radius 1 is 0.759 bits per heavy atom. The molecule has 0 radical (unpaired) electrons. The number of nitrogens with zero attached hydrogens (tertiary/aromatic N) is 3. The van der Waals surface area contributed by atoms with Gasteiger partial charge in [-0.25, -0.2) is 9.97 Å². The number of hydrogen-bond donors (Lipinski definition) is 1. The fourth-order valence-electron chi connectivity index (χ4n) is 3.22. The topological polar surface area (TPSA) is 54.5 Å². The average Bonchev–Trinajstić information content (AvgIpc) is 3.08. The zero-order valence-corrected chi connectivity index (χ0v) is 18.9. The van der Waals surface area contributed by atoms with Crippen molar-refractivity contribution >= 4 is 45.6 Å². The fourth-order valence-corrected chi connectivity index (χ4v) is 5.27. The molecule has 1 N–H and O–H groups in total. The number of aromatic amines is 1. The Labute approximate surface area is 180 Å². The lowest BCUT2D eigenvalue weighted by molar-refractivity contribution is 0.532. The third-order valence-corrected chi connectivity index (χ3v) is 7.18. The van der Waals surface area contributed by atoms with E-state index in [-0.39, 0.29) is 9.49 Å². The molecule has 0 bridgehead atoms. The summed E-state index contributed by atoms with van der Waals surface area (Å²) in [6, 6.07) is 16.2. The summed E-state index contributed by atoms with van der Waals surface area (Å²) < 4.78 is 0.156. The van der Waals surface area contributed by atoms with Gasteiger partial charge in [0, 0.05) is 9.49 Å². The van der Waals surface area contributed by atoms with Crippen LogP contribution in [-0.4, -0.2) is 29.4 Å². The van der Waals surface area contributed by atoms with E-state index in [1.165, 1.54) is 0 Å². The van der Waals surface area contributed by atoms with Crippen LogP contribution in [0.1, 0.15) is 40.5 Å². The van der Waals surface area contributed by atoms with Gasteiger partial charge < -0.3 is 4.98 Å². The van der Waals surface area contributed by atoms with Crippen molar-refractivity contribution in [1.82, 2.24) is 19.9 Å². The van der Waals surface area contributed by atoms with Gasteiger partial charge in [-0.05, 0) is 37.1 Å². The Hall–Kier alpha value is -2.05. The third kappa shape index (κ3) is 5.11. The summed E-state index contributed by atoms with van der Waals surface area (Å²) in [7, 11) is 0. The van der Waals surface area contributed by atoms with E-state index >= 15 is 0 Å². The van der Waals surface area contributed by atoms with E-state index in [1.807, 2.05) is 60.4 Å². The molecule has 0 amide bonds. The number of rotatable bonds is 7. The first-order valence-corrected chi connectivity index (χ1v) is 11.5. The average molecular weight is 423 g/mol. The van der Waals surface area contributed by atoms with Crippen LogP contribution in [0.3, 0.4) is 0 Å². The molecule has 4 rings (SSSR count). The van der Waals surface area contributed by atoms with E-state index in [4.69, 9.17) is 9.97 Å². The number of hydrogen-bond acceptors (Lipinski definition) is 5. The summed E-state index contributed by atoms with van der Waals surface area (Å²) in [6.07, 6.45) is 4.05. The van der Waals surface area contributed by atoms with Gasteiger partial charge in [0.25, 0.3) is 0 Å². The van der Waals surface area contributed by atoms with Gasteiger partial charge in [-0.15, -0.1) is 0 Å². The molecule has 2 heterocycles. The first-order chi connectivity index (χ1) is 13.8. The molecule has 0 spiro atoms. The number of para-hydroxylation sites is 4. The highest BCUT2D eigenvalue weighted by Crippen LogP contribution is 2.41. The maximum Gasteiger partial charge on any atom is 0.166 e. The second kappa shape index (κ2) is 8.00. The minimum Gasteiger partial charge on any atom is -0.333 e. The SMILES string of the molecule is CC(C)(CCC(C)(C)Sc1nc2ccccc2[nH]1)Sc1cnc2ccccc2n1. The number of fused-ring (bicyclic) bond motifs is 2. The molecular weight excluding hydrogens is 396 g/mol. The first-order valence-electron chi connectivity index (χ1n) is 9.84. The van der Waals surface area contributed by atoms with Gasteiger partial charge in [-0.1, -0.05) is 75.5 Å². The van der Waals surface area contributed by atoms with Gasteiger partial charge in [0.15, 0.2) is 5.16 Å². The van der Waals surface area contributed by atoms with Crippen LogP contribution in [0.5, 0.6) is 0 Å². The van der Waals surface area contributed by atoms with Gasteiger partial charge in [0.2, 0.25) is 0 Å². The molecule has 6 heteroatoms. The second-order valence-corrected chi connectivity index (χ2v) is 11.9. The summed E-state index contributed by atoms with van der Waals surface area (Å²) >= 11 is 3.62. The molecular formula is C23H26N4S2. The Kier molecular flexibility index (Phi) is 5.58. The second-order valence-electron chi connectivity index (χ2n) is 8.48. The van der Waals surface area contributed by atoms with E-state index < -0.39 is 0 Å². The predicted octanol–water partition coefficient (Wildman–Crippen LogP) is 6.73. The summed E-state index contributed by atoms with van der Waals surface area (Å²) in [5, 5.41) is 1.97. The largest absolute Gasteiger partial charge is 0.333 e. The zero-order chi connectivity index (χ0) is 20.5. The molecule has 29 heavy (non-hydrogen) atoms. The third-order valence-electron chi connectivity index (χ3n) is 4.88. The van der Waals surface area contributed by atoms with Crippen molar-refractivity contribution in [2.45, 2.75) is 60.2 Å². The van der Waals surface area contributed by atoms with Crippen LogP contribution in [0.4, 0.5) is 0 Å². The normalized spacial score (nSPS) is 12.7. The van der Waals surface area contributed by atoms with Gasteiger partial charge in [0.05, 0.1) is 28.3 Å². The monoisotopic (exact) mass is 422 g/mol. The molecule has 0 saturated carbocycles. The summed E-state index contributed by atoms with van der Waals surface area (Å²) in [5.41, 5.74) is 4.01. The number of thioether (sulfide) groups is 2. The van der Waals surface area contributed by atoms with Gasteiger partial charge in [-0.2, -0.15) is 0 Å². The number of nitrogens with one attached hydrogen (secondary N) is 1. The van der Waals surface area contributed by atoms with Crippen LogP contribution in [0.15, 0.2) is 64.9 Å². The Morgan fingerprint density at radius 2 is 1.38 bits per heavy atom. The Balaban J connectivity index is 1.40. The smallest absolute Gasteiger partial charge is 0.166 e. The van der Waals surface area contributed by atoms with Crippen LogP contribution < -0.4 is 0 Å². The number of benzene rings is 2. The minimum absolute atomic E-state index is 0.0723. The molecule has 2 aromatic carbocycles. The first kappa shape index (κ1) is 20.2. The summed E-state index contributed by atoms with van der Waals surface area (Å²) in [4.78, 5) is 17.5. The molecule has 2 aromatic heterocycles. The van der Waals surface area contributed by atoms with Crippen LogP contribution in [0, 0.1) is 0 Å². The van der Waals surface area contributed by atoms with Gasteiger partial charge >= 0.3 is 0 Å². The maximum atomic E-state index is 4.78. The molecule has 0 aliphatic heterocycles. The van der Waals surface area contributed by atoms with Crippen LogP contribution in [0.25, 0.3) is 22.1 Å². The zero-order valence-electron chi connectivity index (χ0n) is 17.3. The highest BCUT2D eigenvalue weighted by molar-refractivity contribution is 8.00. The van der Waals surface area contributed by atoms with Gasteiger partial charge in [-0.3, -0.25) is 4.98 Å². The summed E-state index contributed by atoms with van der Waals surface area (Å²) in [6.45, 7) is 9.16. The molecule has 4 aromatic rings. The molecule has 0 atom stereocenters. The van der Waals surface area contributed by atoms with E-state index in [2.05, 4.69) is 43.7 Å². The number of H-pyrrole nitrogens is 1. The highest BCUT2D eigenvalue weighted by Gasteiger charge is 2.27. The Morgan fingerprint density at radius 3 is 2.10 bits per heavy atom. The predicted molar refractivity (Wildman–Crippen MR) is 125 cm³/mol. The molecule has 0 aliphatic carbocycles. The van der Waals surface area contributed by atoms with E-state index in [1.54, 1.807) is 11.8 Å². The standard InChI is InChI=1S/C23H26N4S2/c1-22(2,28-20-15-24-16-9-5-6-10-17(16)25-20)13-14-23(3,4)29-21-26-18-11-7-8-12-19(18)27-21/h5-12,15H,13-14H2,1-4H3,(H,26,27). The van der Waals surface area contributed by atoms with Crippen LogP contribution >= 0.6 is 23.5 Å². The highest BCUT2D eigenvalue weighted by atomic mass is 32.2. The molecule has 0 unspecified atom stereocenters. The van der Waals surface area contributed by atoms with Crippen molar-refractivity contribution in [2.24, 2.45) is 0 Å². The van der Waals surface area contributed by atoms with Crippen molar-refractivity contribution in [1.29, 1.82) is 0 Å². The molecule has 4 nitrogen and oxygen atoms in total. The van der Waals surface area contributed by atoms with Crippen LogP contribution in [-0.2, 0) is 0 Å². The van der Waals surface area contributed by atoms with E-state index in [9.17, 15) is 0 Å². The molecule has 0 aliphatic rings. The van der Waals surface area contributed by atoms with Crippen molar-refractivity contribution in [3.05, 3.63) is 54.7 Å². The molecule has 0 saturated heterocycles. The quantitative estimate of drug-likeness (QED) is 0.335. The molecule has 150 valence electrons. The number of aromatic nitrogens is 4. The van der Waals surface area contributed by atoms with Crippen molar-refractivity contribution in [3.63, 3.8) is 0 Å². The van der Waals surface area contributed by atoms with E-state index in [0.29, 0.717) is 0 Å². The summed E-state index contributed by atoms with van der Waals surface area (Å²) in [5.74, 6) is 0. The number of imidazole rings is 1. The maximum absolute atomic E-state index is 4.78.